The molecule has 0 spiro atoms. The van der Waals surface area contributed by atoms with E-state index in [1.807, 2.05) is 0 Å². The molecular weight excluding hydrogens is 585 g/mol. The van der Waals surface area contributed by atoms with Crippen molar-refractivity contribution in [2.75, 3.05) is 18.1 Å². The molecule has 0 amide bonds. The van der Waals surface area contributed by atoms with Gasteiger partial charge in [-0.1, -0.05) is 29.3 Å². The van der Waals surface area contributed by atoms with Crippen LogP contribution in [-0.2, 0) is 21.1 Å². The maximum absolute atomic E-state index is 13.1. The molecule has 0 unspecified atom stereocenters. The third kappa shape index (κ3) is 5.06. The molecule has 0 bridgehead atoms. The van der Waals surface area contributed by atoms with Crippen LogP contribution in [0.2, 0.25) is 9.36 Å². The molecule has 0 atom stereocenters. The number of aromatic nitrogens is 2. The minimum Gasteiger partial charge on any atom is -0.387 e. The maximum atomic E-state index is 13.1. The van der Waals surface area contributed by atoms with E-state index in [1.165, 1.54) is 23.0 Å². The lowest BCUT2D eigenvalue weighted by molar-refractivity contribution is -0.116. The highest BCUT2D eigenvalue weighted by Crippen LogP contribution is 2.28. The Balaban J connectivity index is 1.59. The van der Waals surface area contributed by atoms with Gasteiger partial charge in [0.05, 0.1) is 31.6 Å². The molecule has 12 heteroatoms. The van der Waals surface area contributed by atoms with Crippen molar-refractivity contribution in [3.8, 4) is 5.69 Å². The van der Waals surface area contributed by atoms with E-state index < -0.39 is 21.4 Å². The molecule has 0 aliphatic heterocycles. The number of nitrogens with zero attached hydrogens (tertiary/aromatic N) is 2. The summed E-state index contributed by atoms with van der Waals surface area (Å²) in [5, 5.41) is 3.66. The Hall–Kier alpha value is -2.24. The maximum Gasteiger partial charge on any atom is 0.265 e. The quantitative estimate of drug-likeness (QED) is 0.315. The van der Waals surface area contributed by atoms with Gasteiger partial charge < -0.3 is 5.32 Å². The lowest BCUT2D eigenvalue weighted by Gasteiger charge is -2.11. The third-order valence-corrected chi connectivity index (χ3v) is 9.44. The van der Waals surface area contributed by atoms with Gasteiger partial charge in [0.25, 0.3) is 5.56 Å². The van der Waals surface area contributed by atoms with E-state index in [9.17, 15) is 18.0 Å². The number of carbonyl (C=O) groups is 1. The molecule has 2 heterocycles. The first-order valence-corrected chi connectivity index (χ1v) is 13.8. The monoisotopic (exact) mass is 599 g/mol. The number of ketones is 1. The summed E-state index contributed by atoms with van der Waals surface area (Å²) in [7, 11) is -2.00. The van der Waals surface area contributed by atoms with Crippen LogP contribution in [-0.4, -0.2) is 36.6 Å². The molecule has 0 fully saturated rings. The zero-order chi connectivity index (χ0) is 24.6. The highest BCUT2D eigenvalue weighted by atomic mass is 79.9. The van der Waals surface area contributed by atoms with Crippen LogP contribution in [0.4, 0.5) is 5.69 Å². The molecule has 176 valence electrons. The van der Waals surface area contributed by atoms with Crippen molar-refractivity contribution >= 4 is 82.7 Å². The SMILES string of the molecule is CNc1cc2ncn(-c3ccc(CC(=O)CS(=O)(=O)c4ccc(Cl)s4)cc3Cl)c(=O)c2cc1Br. The van der Waals surface area contributed by atoms with E-state index in [2.05, 4.69) is 26.2 Å². The van der Waals surface area contributed by atoms with Gasteiger partial charge in [0.15, 0.2) is 15.6 Å². The predicted molar refractivity (Wildman–Crippen MR) is 140 cm³/mol. The Bertz CT molecular complexity index is 1600. The largest absolute Gasteiger partial charge is 0.387 e. The topological polar surface area (TPSA) is 98.1 Å². The summed E-state index contributed by atoms with van der Waals surface area (Å²) in [5.74, 6) is -1.12. The highest BCUT2D eigenvalue weighted by molar-refractivity contribution is 9.10. The number of sulfone groups is 1. The summed E-state index contributed by atoms with van der Waals surface area (Å²) in [6, 6.07) is 11.1. The molecular formula is C22H16BrCl2N3O4S2. The fraction of sp³-hybridized carbons (Fsp3) is 0.136. The van der Waals surface area contributed by atoms with Crippen molar-refractivity contribution in [2.45, 2.75) is 10.6 Å². The van der Waals surface area contributed by atoms with Gasteiger partial charge in [-0.05, 0) is 57.9 Å². The molecule has 0 radical (unpaired) electrons. The first-order valence-electron chi connectivity index (χ1n) is 9.76. The van der Waals surface area contributed by atoms with Crippen molar-refractivity contribution in [1.82, 2.24) is 9.55 Å². The van der Waals surface area contributed by atoms with E-state index >= 15 is 0 Å². The minimum atomic E-state index is -3.77. The van der Waals surface area contributed by atoms with E-state index in [1.54, 1.807) is 37.4 Å². The number of benzene rings is 2. The standard InChI is InChI=1S/C22H16BrCl2N3O4S2/c1-26-18-9-17-14(8-15(18)23)22(30)28(11-27-17)19-3-2-12(7-16(19)24)6-13(29)10-34(31,32)21-5-4-20(25)33-21/h2-5,7-9,11,26H,6,10H2,1H3. The molecule has 0 saturated carbocycles. The molecule has 7 nitrogen and oxygen atoms in total. The number of carbonyl (C=O) groups excluding carboxylic acids is 1. The number of hydrogen-bond acceptors (Lipinski definition) is 7. The lowest BCUT2D eigenvalue weighted by Crippen LogP contribution is -2.20. The Morgan fingerprint density at radius 1 is 1.18 bits per heavy atom. The summed E-state index contributed by atoms with van der Waals surface area (Å²) in [4.78, 5) is 29.9. The number of anilines is 1. The summed E-state index contributed by atoms with van der Waals surface area (Å²) in [6.07, 6.45) is 1.27. The van der Waals surface area contributed by atoms with Crippen LogP contribution >= 0.6 is 50.5 Å². The number of Topliss-reactive ketones (excluding diaryl/α,β-unsaturated/α-hetero) is 1. The number of nitrogens with one attached hydrogen (secondary N) is 1. The normalized spacial score (nSPS) is 11.6. The van der Waals surface area contributed by atoms with Crippen LogP contribution in [0.25, 0.3) is 16.6 Å². The van der Waals surface area contributed by atoms with E-state index in [0.717, 1.165) is 21.5 Å². The summed E-state index contributed by atoms with van der Waals surface area (Å²) in [5.41, 5.74) is 1.95. The van der Waals surface area contributed by atoms with E-state index in [0.29, 0.717) is 26.5 Å². The molecule has 0 aliphatic rings. The minimum absolute atomic E-state index is 0.0517. The summed E-state index contributed by atoms with van der Waals surface area (Å²) >= 11 is 16.6. The van der Waals surface area contributed by atoms with Gasteiger partial charge in [0, 0.05) is 17.9 Å². The van der Waals surface area contributed by atoms with Gasteiger partial charge in [0.1, 0.15) is 16.3 Å². The van der Waals surface area contributed by atoms with Crippen molar-refractivity contribution in [1.29, 1.82) is 0 Å². The summed E-state index contributed by atoms with van der Waals surface area (Å²) in [6.45, 7) is 0. The van der Waals surface area contributed by atoms with Crippen LogP contribution < -0.4 is 10.9 Å². The molecule has 0 aliphatic carbocycles. The number of hydrogen-bond donors (Lipinski definition) is 1. The fourth-order valence-electron chi connectivity index (χ4n) is 3.39. The van der Waals surface area contributed by atoms with Crippen LogP contribution in [0.3, 0.4) is 0 Å². The predicted octanol–water partition coefficient (Wildman–Crippen LogP) is 5.14. The second-order valence-corrected chi connectivity index (χ2v) is 12.5. The highest BCUT2D eigenvalue weighted by Gasteiger charge is 2.22. The smallest absolute Gasteiger partial charge is 0.265 e. The number of fused-ring (bicyclic) bond motifs is 1. The van der Waals surface area contributed by atoms with Crippen molar-refractivity contribution in [3.63, 3.8) is 0 Å². The van der Waals surface area contributed by atoms with Crippen LogP contribution in [0.5, 0.6) is 0 Å². The number of rotatable bonds is 7. The Morgan fingerprint density at radius 3 is 2.59 bits per heavy atom. The van der Waals surface area contributed by atoms with Crippen LogP contribution in [0.1, 0.15) is 5.56 Å². The summed E-state index contributed by atoms with van der Waals surface area (Å²) < 4.78 is 27.3. The molecule has 2 aromatic carbocycles. The molecule has 4 rings (SSSR count). The first-order chi connectivity index (χ1) is 16.1. The number of thiophene rings is 1. The van der Waals surface area contributed by atoms with Crippen molar-refractivity contribution in [2.24, 2.45) is 0 Å². The molecule has 0 saturated heterocycles. The number of halogens is 3. The average molecular weight is 601 g/mol. The van der Waals surface area contributed by atoms with Gasteiger partial charge >= 0.3 is 0 Å². The second kappa shape index (κ2) is 9.79. The van der Waals surface area contributed by atoms with Gasteiger partial charge in [-0.3, -0.25) is 14.2 Å². The van der Waals surface area contributed by atoms with Gasteiger partial charge in [0.2, 0.25) is 0 Å². The average Bonchev–Trinajstić information content (AvgIpc) is 3.22. The second-order valence-electron chi connectivity index (χ2n) is 7.34. The zero-order valence-electron chi connectivity index (χ0n) is 17.5. The van der Waals surface area contributed by atoms with Gasteiger partial charge in [-0.25, -0.2) is 13.4 Å². The lowest BCUT2D eigenvalue weighted by atomic mass is 10.1. The molecule has 2 aromatic heterocycles. The molecule has 4 aromatic rings. The van der Waals surface area contributed by atoms with Crippen LogP contribution in [0, 0.1) is 0 Å². The first kappa shape index (κ1) is 24.9. The molecule has 34 heavy (non-hydrogen) atoms. The van der Waals surface area contributed by atoms with Gasteiger partial charge in [-0.15, -0.1) is 11.3 Å². The van der Waals surface area contributed by atoms with Crippen LogP contribution in [0.15, 0.2) is 62.3 Å². The Labute approximate surface area is 217 Å². The van der Waals surface area contributed by atoms with Crippen molar-refractivity contribution < 1.29 is 13.2 Å². The molecule has 1 N–H and O–H groups in total. The van der Waals surface area contributed by atoms with Crippen molar-refractivity contribution in [3.05, 3.63) is 78.5 Å². The van der Waals surface area contributed by atoms with Gasteiger partial charge in [-0.2, -0.15) is 0 Å². The Kier molecular flexibility index (Phi) is 7.16. The zero-order valence-corrected chi connectivity index (χ0v) is 22.2. The third-order valence-electron chi connectivity index (χ3n) is 5.00. The van der Waals surface area contributed by atoms with E-state index in [-0.39, 0.29) is 21.2 Å². The fourth-order valence-corrected chi connectivity index (χ4v) is 7.03. The van der Waals surface area contributed by atoms with E-state index in [4.69, 9.17) is 23.2 Å². The Morgan fingerprint density at radius 2 is 1.94 bits per heavy atom.